The van der Waals surface area contributed by atoms with Gasteiger partial charge in [-0.1, -0.05) is 120 Å². The highest BCUT2D eigenvalue weighted by molar-refractivity contribution is 7.90. The molecule has 572 valence electrons. The van der Waals surface area contributed by atoms with Crippen molar-refractivity contribution in [1.29, 1.82) is 0 Å². The summed E-state index contributed by atoms with van der Waals surface area (Å²) in [4.78, 5) is 36.7. The molecular weight excluding hydrogens is 1430 g/mol. The molecule has 0 bridgehead atoms. The van der Waals surface area contributed by atoms with Crippen LogP contribution in [0.3, 0.4) is 0 Å². The minimum atomic E-state index is -4.92. The van der Waals surface area contributed by atoms with Gasteiger partial charge in [-0.05, 0) is 262 Å². The lowest BCUT2D eigenvalue weighted by molar-refractivity contribution is -0.142. The monoisotopic (exact) mass is 1530 g/mol. The number of rotatable bonds is 18. The number of carbonyl (C=O) groups is 3. The highest BCUT2D eigenvalue weighted by atomic mass is 35.5. The molecule has 0 saturated heterocycles. The van der Waals surface area contributed by atoms with Gasteiger partial charge in [0.25, 0.3) is 10.0 Å². The number of aliphatic hydroxyl groups is 1. The number of amides is 2. The number of nitrogens with zero attached hydrogens (tertiary/aromatic N) is 5. The van der Waals surface area contributed by atoms with Crippen LogP contribution in [0.5, 0.6) is 0 Å². The molecule has 3 N–H and O–H groups in total. The Morgan fingerprint density at radius 1 is 0.528 bits per heavy atom. The summed E-state index contributed by atoms with van der Waals surface area (Å²) in [6, 6.07) is 22.6. The second-order valence-electron chi connectivity index (χ2n) is 27.1. The van der Waals surface area contributed by atoms with Crippen molar-refractivity contribution in [2.24, 2.45) is 28.8 Å². The molecule has 2 aromatic heterocycles. The fourth-order valence-corrected chi connectivity index (χ4v) is 14.0. The van der Waals surface area contributed by atoms with Gasteiger partial charge in [-0.15, -0.1) is 0 Å². The third kappa shape index (κ3) is 23.8. The molecule has 4 aliphatic carbocycles. The van der Waals surface area contributed by atoms with E-state index in [0.717, 1.165) is 123 Å². The lowest BCUT2D eigenvalue weighted by Gasteiger charge is -2.24. The van der Waals surface area contributed by atoms with E-state index in [1.165, 1.54) is 59.5 Å². The second kappa shape index (κ2) is 37.6. The normalized spacial score (nSPS) is 17.4. The molecule has 26 heteroatoms. The molecule has 10 rings (SSSR count). The van der Waals surface area contributed by atoms with Gasteiger partial charge in [0.05, 0.1) is 39.2 Å². The maximum atomic E-state index is 14.0. The predicted molar refractivity (Wildman–Crippen MR) is 402 cm³/mol. The highest BCUT2D eigenvalue weighted by Crippen LogP contribution is 2.39. The molecule has 0 radical (unpaired) electrons. The summed E-state index contributed by atoms with van der Waals surface area (Å²) in [6.45, 7) is 31.3. The molecule has 0 saturated carbocycles. The number of aromatic nitrogens is 4. The van der Waals surface area contributed by atoms with Crippen LogP contribution >= 0.6 is 11.6 Å². The van der Waals surface area contributed by atoms with Crippen LogP contribution in [0, 0.1) is 51.4 Å². The maximum Gasteiger partial charge on any atom is 0.435 e. The van der Waals surface area contributed by atoms with Gasteiger partial charge in [0.2, 0.25) is 10.0 Å². The van der Waals surface area contributed by atoms with Crippen molar-refractivity contribution in [3.05, 3.63) is 226 Å². The molecule has 0 aliphatic heterocycles. The summed E-state index contributed by atoms with van der Waals surface area (Å²) in [6.07, 6.45) is 6.45. The van der Waals surface area contributed by atoms with Gasteiger partial charge < -0.3 is 19.3 Å². The highest BCUT2D eigenvalue weighted by Gasteiger charge is 2.40. The predicted octanol–water partition coefficient (Wildman–Crippen LogP) is 20.4. The first-order valence-corrected chi connectivity index (χ1v) is 37.5. The smallest absolute Gasteiger partial charge is 0.435 e. The van der Waals surface area contributed by atoms with E-state index in [2.05, 4.69) is 62.5 Å². The van der Waals surface area contributed by atoms with Gasteiger partial charge in [-0.25, -0.2) is 45.7 Å². The summed E-state index contributed by atoms with van der Waals surface area (Å²) >= 11 is 5.07. The van der Waals surface area contributed by atoms with E-state index in [-0.39, 0.29) is 59.2 Å². The van der Waals surface area contributed by atoms with Crippen LogP contribution in [-0.2, 0) is 46.6 Å². The first kappa shape index (κ1) is 86.0. The van der Waals surface area contributed by atoms with Gasteiger partial charge in [0.15, 0.2) is 11.4 Å². The molecule has 4 aliphatic rings. The van der Waals surface area contributed by atoms with Gasteiger partial charge in [0, 0.05) is 22.7 Å². The number of ether oxygens (including phenoxy) is 3. The quantitative estimate of drug-likeness (QED) is 0.0353. The third-order valence-electron chi connectivity index (χ3n) is 18.8. The number of carbonyl (C=O) groups excluding carboxylic acids is 3. The average Bonchev–Trinajstić information content (AvgIpc) is 1.56. The molecule has 106 heavy (non-hydrogen) atoms. The van der Waals surface area contributed by atoms with Crippen LogP contribution in [-0.4, -0.2) is 89.9 Å². The number of allylic oxidation sites excluding steroid dienone is 8. The zero-order valence-electron chi connectivity index (χ0n) is 60.3. The zero-order chi connectivity index (χ0) is 77.5. The summed E-state index contributed by atoms with van der Waals surface area (Å²) in [5, 5.41) is 21.4. The third-order valence-corrected chi connectivity index (χ3v) is 21.5. The van der Waals surface area contributed by atoms with Crippen molar-refractivity contribution in [2.75, 3.05) is 26.4 Å². The van der Waals surface area contributed by atoms with Gasteiger partial charge in [0.1, 0.15) is 19.8 Å². The Morgan fingerprint density at radius 3 is 1.13 bits per heavy atom. The van der Waals surface area contributed by atoms with Crippen molar-refractivity contribution < 1.29 is 76.9 Å². The van der Waals surface area contributed by atoms with E-state index in [1.807, 2.05) is 58.0 Å². The lowest BCUT2D eigenvalue weighted by atomic mass is 9.86. The Kier molecular flexibility index (Phi) is 30.5. The summed E-state index contributed by atoms with van der Waals surface area (Å²) in [7, 11) is -8.83. The Hall–Kier alpha value is -8.88. The van der Waals surface area contributed by atoms with Gasteiger partial charge in [-0.2, -0.15) is 36.5 Å². The minimum absolute atomic E-state index is 0. The number of hydrogen-bond donors (Lipinski definition) is 2. The van der Waals surface area contributed by atoms with Crippen molar-refractivity contribution in [3.8, 4) is 33.9 Å². The first-order chi connectivity index (χ1) is 49.2. The Morgan fingerprint density at radius 2 is 0.849 bits per heavy atom. The van der Waals surface area contributed by atoms with Crippen molar-refractivity contribution >= 4 is 49.3 Å². The van der Waals surface area contributed by atoms with Crippen LogP contribution in [0.1, 0.15) is 146 Å². The van der Waals surface area contributed by atoms with E-state index in [9.17, 15) is 57.6 Å². The molecule has 2 heterocycles. The number of sulfonamides is 2. The molecule has 0 spiro atoms. The van der Waals surface area contributed by atoms with E-state index in [0.29, 0.717) is 72.7 Å². The van der Waals surface area contributed by atoms with Gasteiger partial charge in [-0.3, -0.25) is 0 Å². The Labute approximate surface area is 623 Å². The molecule has 4 atom stereocenters. The average molecular weight is 1530 g/mol. The largest absolute Gasteiger partial charge is 0.449 e. The summed E-state index contributed by atoms with van der Waals surface area (Å²) in [5.41, 5.74) is 10.7. The number of aryl methyl sites for hydroxylation is 4. The van der Waals surface area contributed by atoms with Crippen molar-refractivity contribution in [1.82, 2.24) is 23.9 Å². The van der Waals surface area contributed by atoms with Crippen LogP contribution < -0.4 is 5.14 Å². The number of nitrogens with two attached hydrogens (primary N) is 1. The van der Waals surface area contributed by atoms with Crippen LogP contribution in [0.25, 0.3) is 33.9 Å². The molecular formula is C80H95ClF6N6O11S2. The van der Waals surface area contributed by atoms with E-state index < -0.39 is 66.3 Å². The number of benzene rings is 4. The van der Waals surface area contributed by atoms with Crippen LogP contribution in [0.15, 0.2) is 202 Å². The molecule has 0 fully saturated rings. The fraction of sp³-hybridized carbons (Fsp3) is 0.388. The number of imide groups is 1. The topological polar surface area (TPSA) is 232 Å². The molecule has 6 aromatic rings. The minimum Gasteiger partial charge on any atom is -0.449 e. The second-order valence-corrected chi connectivity index (χ2v) is 30.8. The molecule has 17 nitrogen and oxygen atoms in total. The first-order valence-electron chi connectivity index (χ1n) is 34.1. The number of alkyl halides is 6. The van der Waals surface area contributed by atoms with Crippen molar-refractivity contribution in [2.45, 2.75) is 162 Å². The molecule has 0 unspecified atom stereocenters. The number of hydrogen-bond acceptors (Lipinski definition) is 13. The maximum absolute atomic E-state index is 14.0. The zero-order valence-corrected chi connectivity index (χ0v) is 62.7. The summed E-state index contributed by atoms with van der Waals surface area (Å²) < 4.78 is 150. The Bertz CT molecular complexity index is 4510. The van der Waals surface area contributed by atoms with Crippen molar-refractivity contribution in [3.63, 3.8) is 0 Å². The number of primary sulfonamides is 1. The molecule has 2 amide bonds. The fourth-order valence-electron chi connectivity index (χ4n) is 12.2. The van der Waals surface area contributed by atoms with E-state index in [1.54, 1.807) is 32.0 Å². The SMILES string of the molecule is C.C=C(C)[C@@H]1CC=C(CO)CC1.C=C(C)[C@@H]1CC=C(COC(=O)Cl)CC1.C=C(C)[C@@H]1CC=C(COC(=O)N(C(=O)OCC2=CC[C@@H](C(=C)C)CC2)S(=O)(=O)c2ccc(-n3nc(C(F)(F)F)cc3-c3cc(C)ccc3C)cc2)CC1.Cc1ccc(C)c(-c2cc(C(F)(F)F)nn2-c2ccc(S(N)(=O)=O)cc2)c1. The van der Waals surface area contributed by atoms with Crippen LogP contribution in [0.4, 0.5) is 40.7 Å². The number of halogens is 7. The van der Waals surface area contributed by atoms with E-state index >= 15 is 0 Å². The van der Waals surface area contributed by atoms with Crippen LogP contribution in [0.2, 0.25) is 0 Å². The number of aliphatic hydroxyl groups excluding tert-OH is 1. The molecule has 4 aromatic carbocycles. The Balaban J connectivity index is 0.000000271. The standard InChI is InChI=1S/C40H44F3N3O6S.C18H16F3N3O2S.C11H15ClO2.C10H16O.CH4/c1-25(2)31-13-9-29(10-14-31)23-51-38(47)46(39(48)52-24-30-11-15-32(16-12-30)26(3)4)53(49,50)34-19-17-33(18-20-34)45-36(22-37(44-45)40(41,42)43)35-21-27(5)7-8-28(35)6;1-11-3-4-12(2)15(9-11)16-10-17(18(19,20)21)23-24(16)13-5-7-14(8-6-13)27(22,25)26;1-8(2)10-5-3-9(4-6-10)7-14-11(12)13;1-8(2)10-5-3-9(7-11)4-6-10;/h7-9,11,17-22,31-32H,1,3,10,12-16,23-24H2,2,4-6H3;3-10H,1-2H3,(H2,22,25,26);3,10H,1,4-7H2,2H3;3,10-11H,1,4-7H2,2H3;1H4/t31-,32-;;2*10-;/m1.11./s1. The van der Waals surface area contributed by atoms with Gasteiger partial charge >= 0.3 is 30.0 Å². The lowest BCUT2D eigenvalue weighted by Crippen LogP contribution is -2.43. The summed E-state index contributed by atoms with van der Waals surface area (Å²) in [5.74, 6) is 1.83. The van der Waals surface area contributed by atoms with E-state index in [4.69, 9.17) is 36.1 Å².